The third-order valence-corrected chi connectivity index (χ3v) is 5.48. The Morgan fingerprint density at radius 2 is 1.85 bits per heavy atom. The van der Waals surface area contributed by atoms with Crippen LogP contribution < -0.4 is 0 Å². The summed E-state index contributed by atoms with van der Waals surface area (Å²) in [7, 11) is 0. The predicted molar refractivity (Wildman–Crippen MR) is 82.1 cm³/mol. The molecule has 1 saturated heterocycles. The topological polar surface area (TPSA) is 49.8 Å². The van der Waals surface area contributed by atoms with Crippen LogP contribution in [-0.2, 0) is 4.74 Å². The van der Waals surface area contributed by atoms with Gasteiger partial charge in [0.25, 0.3) is 0 Å². The SMILES string of the molecule is CC(C)(C)OC(=O)N1C[C@@H](O)[C@H](SC2CCCCC2)C1. The Labute approximate surface area is 126 Å². The number of amides is 1. The molecular weight excluding hydrogens is 274 g/mol. The molecule has 0 bridgehead atoms. The Bertz CT molecular complexity index is 337. The fourth-order valence-corrected chi connectivity index (χ4v) is 4.45. The summed E-state index contributed by atoms with van der Waals surface area (Å²) in [5.41, 5.74) is -0.476. The molecule has 20 heavy (non-hydrogen) atoms. The molecule has 0 aromatic heterocycles. The number of β-amino-alcohol motifs (C(OH)–C–C–N with tert-alkyl or cyclic N) is 1. The van der Waals surface area contributed by atoms with Crippen LogP contribution in [0.15, 0.2) is 0 Å². The summed E-state index contributed by atoms with van der Waals surface area (Å²) >= 11 is 1.88. The quantitative estimate of drug-likeness (QED) is 0.852. The van der Waals surface area contributed by atoms with Crippen molar-refractivity contribution in [1.82, 2.24) is 4.90 Å². The average Bonchev–Trinajstić information content (AvgIpc) is 2.70. The van der Waals surface area contributed by atoms with Crippen LogP contribution in [-0.4, -0.2) is 51.4 Å². The number of aliphatic hydroxyl groups excluding tert-OH is 1. The van der Waals surface area contributed by atoms with E-state index < -0.39 is 11.7 Å². The van der Waals surface area contributed by atoms with Crippen molar-refractivity contribution in [3.8, 4) is 0 Å². The molecular formula is C15H27NO3S. The molecule has 1 heterocycles. The lowest BCUT2D eigenvalue weighted by Crippen LogP contribution is -2.36. The van der Waals surface area contributed by atoms with E-state index in [0.717, 1.165) is 0 Å². The first-order valence-corrected chi connectivity index (χ1v) is 8.61. The maximum Gasteiger partial charge on any atom is 0.410 e. The average molecular weight is 301 g/mol. The molecule has 2 rings (SSSR count). The lowest BCUT2D eigenvalue weighted by atomic mass is 10.0. The van der Waals surface area contributed by atoms with Crippen LogP contribution >= 0.6 is 11.8 Å². The zero-order chi connectivity index (χ0) is 14.8. The van der Waals surface area contributed by atoms with E-state index in [4.69, 9.17) is 4.74 Å². The van der Waals surface area contributed by atoms with E-state index in [1.165, 1.54) is 32.1 Å². The molecule has 1 aliphatic carbocycles. The van der Waals surface area contributed by atoms with Crippen LogP contribution in [0.5, 0.6) is 0 Å². The second-order valence-corrected chi connectivity index (χ2v) is 8.43. The largest absolute Gasteiger partial charge is 0.444 e. The zero-order valence-electron chi connectivity index (χ0n) is 12.8. The van der Waals surface area contributed by atoms with Gasteiger partial charge < -0.3 is 14.7 Å². The molecule has 1 aliphatic heterocycles. The van der Waals surface area contributed by atoms with Gasteiger partial charge in [0.2, 0.25) is 0 Å². The van der Waals surface area contributed by atoms with Crippen molar-refractivity contribution in [3.05, 3.63) is 0 Å². The number of thioether (sulfide) groups is 1. The van der Waals surface area contributed by atoms with Crippen molar-refractivity contribution in [1.29, 1.82) is 0 Å². The molecule has 5 heteroatoms. The van der Waals surface area contributed by atoms with Gasteiger partial charge in [-0.05, 0) is 33.6 Å². The number of aliphatic hydroxyl groups is 1. The van der Waals surface area contributed by atoms with Crippen molar-refractivity contribution in [2.45, 2.75) is 75.1 Å². The van der Waals surface area contributed by atoms with E-state index in [1.54, 1.807) is 4.90 Å². The Morgan fingerprint density at radius 1 is 1.20 bits per heavy atom. The summed E-state index contributed by atoms with van der Waals surface area (Å²) in [5.74, 6) is 0. The van der Waals surface area contributed by atoms with Gasteiger partial charge in [-0.25, -0.2) is 4.79 Å². The van der Waals surface area contributed by atoms with E-state index in [2.05, 4.69) is 0 Å². The number of likely N-dealkylation sites (tertiary alicyclic amines) is 1. The maximum absolute atomic E-state index is 12.0. The van der Waals surface area contributed by atoms with Gasteiger partial charge in [-0.15, -0.1) is 0 Å². The first kappa shape index (κ1) is 16.0. The molecule has 1 N–H and O–H groups in total. The van der Waals surface area contributed by atoms with Crippen LogP contribution in [0.4, 0.5) is 4.79 Å². The molecule has 0 spiro atoms. The number of carbonyl (C=O) groups excluding carboxylic acids is 1. The monoisotopic (exact) mass is 301 g/mol. The fraction of sp³-hybridized carbons (Fsp3) is 0.933. The lowest BCUT2D eigenvalue weighted by Gasteiger charge is -2.26. The summed E-state index contributed by atoms with van der Waals surface area (Å²) in [6.45, 7) is 6.61. The van der Waals surface area contributed by atoms with E-state index in [1.807, 2.05) is 32.5 Å². The molecule has 2 aliphatic rings. The summed E-state index contributed by atoms with van der Waals surface area (Å²) in [5, 5.41) is 11.0. The van der Waals surface area contributed by atoms with Crippen LogP contribution in [0.3, 0.4) is 0 Å². The van der Waals surface area contributed by atoms with Crippen LogP contribution in [0.2, 0.25) is 0 Å². The Morgan fingerprint density at radius 3 is 2.45 bits per heavy atom. The van der Waals surface area contributed by atoms with E-state index >= 15 is 0 Å². The first-order valence-electron chi connectivity index (χ1n) is 7.66. The van der Waals surface area contributed by atoms with Crippen molar-refractivity contribution < 1.29 is 14.6 Å². The second kappa shape index (κ2) is 6.56. The fourth-order valence-electron chi connectivity index (χ4n) is 2.81. The molecule has 0 radical (unpaired) electrons. The van der Waals surface area contributed by atoms with Crippen molar-refractivity contribution in [2.24, 2.45) is 0 Å². The number of hydrogen-bond acceptors (Lipinski definition) is 4. The minimum Gasteiger partial charge on any atom is -0.444 e. The summed E-state index contributed by atoms with van der Waals surface area (Å²) in [4.78, 5) is 13.7. The highest BCUT2D eigenvalue weighted by Gasteiger charge is 2.37. The molecule has 2 fully saturated rings. The Balaban J connectivity index is 1.83. The van der Waals surface area contributed by atoms with Gasteiger partial charge in [0.15, 0.2) is 0 Å². The van der Waals surface area contributed by atoms with Gasteiger partial charge in [-0.3, -0.25) is 0 Å². The third kappa shape index (κ3) is 4.55. The van der Waals surface area contributed by atoms with Gasteiger partial charge in [0.05, 0.1) is 17.9 Å². The Hall–Kier alpha value is -0.420. The zero-order valence-corrected chi connectivity index (χ0v) is 13.6. The molecule has 1 amide bonds. The smallest absolute Gasteiger partial charge is 0.410 e. The number of nitrogens with zero attached hydrogens (tertiary/aromatic N) is 1. The van der Waals surface area contributed by atoms with Gasteiger partial charge in [0.1, 0.15) is 5.60 Å². The number of carbonyl (C=O) groups is 1. The first-order chi connectivity index (χ1) is 9.35. The maximum atomic E-state index is 12.0. The van der Waals surface area contributed by atoms with E-state index in [9.17, 15) is 9.90 Å². The third-order valence-electron chi connectivity index (χ3n) is 3.81. The van der Waals surface area contributed by atoms with Gasteiger partial charge in [-0.2, -0.15) is 11.8 Å². The molecule has 116 valence electrons. The minimum atomic E-state index is -0.476. The molecule has 0 aromatic carbocycles. The molecule has 2 atom stereocenters. The standard InChI is InChI=1S/C15H27NO3S/c1-15(2,3)19-14(18)16-9-12(17)13(10-16)20-11-7-5-4-6-8-11/h11-13,17H,4-10H2,1-3H3/t12-,13-/m1/s1. The second-order valence-electron chi connectivity index (χ2n) is 6.89. The van der Waals surface area contributed by atoms with Gasteiger partial charge in [0, 0.05) is 11.8 Å². The van der Waals surface area contributed by atoms with Crippen molar-refractivity contribution in [3.63, 3.8) is 0 Å². The Kier molecular flexibility index (Phi) is 5.24. The van der Waals surface area contributed by atoms with Crippen molar-refractivity contribution >= 4 is 17.9 Å². The lowest BCUT2D eigenvalue weighted by molar-refractivity contribution is 0.0270. The van der Waals surface area contributed by atoms with Crippen molar-refractivity contribution in [2.75, 3.05) is 13.1 Å². The highest BCUT2D eigenvalue weighted by molar-refractivity contribution is 8.00. The highest BCUT2D eigenvalue weighted by atomic mass is 32.2. The number of hydrogen-bond donors (Lipinski definition) is 1. The molecule has 4 nitrogen and oxygen atoms in total. The van der Waals surface area contributed by atoms with Gasteiger partial charge in [-0.1, -0.05) is 19.3 Å². The summed E-state index contributed by atoms with van der Waals surface area (Å²) < 4.78 is 5.37. The van der Waals surface area contributed by atoms with Crippen LogP contribution in [0, 0.1) is 0 Å². The minimum absolute atomic E-state index is 0.144. The van der Waals surface area contributed by atoms with E-state index in [-0.39, 0.29) is 11.3 Å². The highest BCUT2D eigenvalue weighted by Crippen LogP contribution is 2.35. The summed E-state index contributed by atoms with van der Waals surface area (Å²) in [6.07, 6.45) is 5.72. The predicted octanol–water partition coefficient (Wildman–Crippen LogP) is 3.03. The molecule has 0 aromatic rings. The van der Waals surface area contributed by atoms with Crippen LogP contribution in [0.1, 0.15) is 52.9 Å². The van der Waals surface area contributed by atoms with E-state index in [0.29, 0.717) is 18.3 Å². The normalized spacial score (nSPS) is 28.7. The van der Waals surface area contributed by atoms with Gasteiger partial charge >= 0.3 is 6.09 Å². The van der Waals surface area contributed by atoms with Crippen LogP contribution in [0.25, 0.3) is 0 Å². The molecule has 0 unspecified atom stereocenters. The number of ether oxygens (including phenoxy) is 1. The summed E-state index contributed by atoms with van der Waals surface area (Å²) in [6, 6.07) is 0. The molecule has 1 saturated carbocycles. The number of rotatable bonds is 2.